The van der Waals surface area contributed by atoms with Crippen LogP contribution in [0.3, 0.4) is 0 Å². The molecule has 3 rings (SSSR count). The SMILES string of the molecule is O=C(NCCN1CCN(C(=O)c2cccs2)CC1)Oc1ccccc1. The van der Waals surface area contributed by atoms with Crippen molar-refractivity contribution in [3.8, 4) is 5.75 Å². The van der Waals surface area contributed by atoms with Gasteiger partial charge in [0.25, 0.3) is 5.91 Å². The molecule has 2 aromatic rings. The molecule has 0 aliphatic carbocycles. The van der Waals surface area contributed by atoms with E-state index in [0.29, 0.717) is 25.4 Å². The Hall–Kier alpha value is -2.38. The zero-order valence-corrected chi connectivity index (χ0v) is 14.7. The fourth-order valence-electron chi connectivity index (χ4n) is 2.68. The monoisotopic (exact) mass is 359 g/mol. The summed E-state index contributed by atoms with van der Waals surface area (Å²) in [6.45, 7) is 4.31. The molecule has 0 atom stereocenters. The Morgan fingerprint density at radius 2 is 1.80 bits per heavy atom. The molecule has 25 heavy (non-hydrogen) atoms. The summed E-state index contributed by atoms with van der Waals surface area (Å²) in [6.07, 6.45) is -0.447. The highest BCUT2D eigenvalue weighted by Crippen LogP contribution is 2.13. The molecule has 6 nitrogen and oxygen atoms in total. The minimum Gasteiger partial charge on any atom is -0.410 e. The van der Waals surface area contributed by atoms with Crippen LogP contribution in [-0.4, -0.2) is 61.1 Å². The predicted octanol–water partition coefficient (Wildman–Crippen LogP) is 2.29. The minimum atomic E-state index is -0.447. The van der Waals surface area contributed by atoms with Gasteiger partial charge in [0.15, 0.2) is 0 Å². The fraction of sp³-hybridized carbons (Fsp3) is 0.333. The number of rotatable bonds is 5. The summed E-state index contributed by atoms with van der Waals surface area (Å²) in [7, 11) is 0. The van der Waals surface area contributed by atoms with Crippen LogP contribution in [0.5, 0.6) is 5.75 Å². The van der Waals surface area contributed by atoms with Gasteiger partial charge in [-0.1, -0.05) is 24.3 Å². The number of carbonyl (C=O) groups excluding carboxylic acids is 2. The zero-order valence-electron chi connectivity index (χ0n) is 13.9. The molecule has 1 aromatic heterocycles. The Bertz CT molecular complexity index is 683. The fourth-order valence-corrected chi connectivity index (χ4v) is 3.37. The molecule has 132 valence electrons. The standard InChI is InChI=1S/C18H21N3O3S/c22-17(16-7-4-14-25-16)21-12-10-20(11-13-21)9-8-19-18(23)24-15-5-2-1-3-6-15/h1-7,14H,8-13H2,(H,19,23). The van der Waals surface area contributed by atoms with Gasteiger partial charge in [-0.3, -0.25) is 9.69 Å². The third kappa shape index (κ3) is 5.04. The average molecular weight is 359 g/mol. The van der Waals surface area contributed by atoms with Crippen LogP contribution in [0.2, 0.25) is 0 Å². The quantitative estimate of drug-likeness (QED) is 0.890. The number of thiophene rings is 1. The van der Waals surface area contributed by atoms with Crippen molar-refractivity contribution < 1.29 is 14.3 Å². The Kier molecular flexibility index (Phi) is 6.03. The van der Waals surface area contributed by atoms with Crippen LogP contribution in [-0.2, 0) is 0 Å². The predicted molar refractivity (Wildman–Crippen MR) is 97.1 cm³/mol. The Morgan fingerprint density at radius 1 is 1.04 bits per heavy atom. The second-order valence-corrected chi connectivity index (χ2v) is 6.69. The number of hydrogen-bond acceptors (Lipinski definition) is 5. The van der Waals surface area contributed by atoms with Crippen molar-refractivity contribution in [1.82, 2.24) is 15.1 Å². The molecule has 1 aromatic carbocycles. The Morgan fingerprint density at radius 3 is 2.48 bits per heavy atom. The van der Waals surface area contributed by atoms with E-state index < -0.39 is 6.09 Å². The van der Waals surface area contributed by atoms with Gasteiger partial charge >= 0.3 is 6.09 Å². The third-order valence-electron chi connectivity index (χ3n) is 4.04. The van der Waals surface area contributed by atoms with Gasteiger partial charge in [0.2, 0.25) is 0 Å². The molecule has 2 amide bonds. The first-order valence-electron chi connectivity index (χ1n) is 8.28. The van der Waals surface area contributed by atoms with Crippen LogP contribution in [0.25, 0.3) is 0 Å². The van der Waals surface area contributed by atoms with Crippen molar-refractivity contribution in [3.05, 3.63) is 52.7 Å². The van der Waals surface area contributed by atoms with Gasteiger partial charge in [0, 0.05) is 39.3 Å². The highest BCUT2D eigenvalue weighted by Gasteiger charge is 2.22. The maximum absolute atomic E-state index is 12.3. The summed E-state index contributed by atoms with van der Waals surface area (Å²) >= 11 is 1.48. The van der Waals surface area contributed by atoms with E-state index in [9.17, 15) is 9.59 Å². The van der Waals surface area contributed by atoms with E-state index in [1.165, 1.54) is 11.3 Å². The first-order chi connectivity index (χ1) is 12.2. The van der Waals surface area contributed by atoms with E-state index in [1.54, 1.807) is 12.1 Å². The lowest BCUT2D eigenvalue weighted by atomic mass is 10.3. The molecule has 2 heterocycles. The van der Waals surface area contributed by atoms with E-state index >= 15 is 0 Å². The number of hydrogen-bond donors (Lipinski definition) is 1. The van der Waals surface area contributed by atoms with Crippen LogP contribution in [0.4, 0.5) is 4.79 Å². The van der Waals surface area contributed by atoms with Crippen LogP contribution in [0.15, 0.2) is 47.8 Å². The van der Waals surface area contributed by atoms with Gasteiger partial charge in [0.05, 0.1) is 4.88 Å². The van der Waals surface area contributed by atoms with E-state index in [4.69, 9.17) is 4.74 Å². The highest BCUT2D eigenvalue weighted by atomic mass is 32.1. The number of para-hydroxylation sites is 1. The van der Waals surface area contributed by atoms with Crippen molar-refractivity contribution >= 4 is 23.3 Å². The lowest BCUT2D eigenvalue weighted by Crippen LogP contribution is -2.50. The molecular weight excluding hydrogens is 338 g/mol. The van der Waals surface area contributed by atoms with Crippen LogP contribution in [0, 0.1) is 0 Å². The van der Waals surface area contributed by atoms with Gasteiger partial charge in [0.1, 0.15) is 5.75 Å². The topological polar surface area (TPSA) is 61.9 Å². The van der Waals surface area contributed by atoms with E-state index in [1.807, 2.05) is 40.6 Å². The first kappa shape index (κ1) is 17.4. The number of nitrogens with zero attached hydrogens (tertiary/aromatic N) is 2. The molecule has 0 unspecified atom stereocenters. The number of amides is 2. The molecule has 1 fully saturated rings. The molecule has 0 saturated carbocycles. The highest BCUT2D eigenvalue weighted by molar-refractivity contribution is 7.12. The molecule has 1 aliphatic rings. The van der Waals surface area contributed by atoms with Crippen LogP contribution in [0.1, 0.15) is 9.67 Å². The summed E-state index contributed by atoms with van der Waals surface area (Å²) in [5, 5.41) is 4.67. The largest absolute Gasteiger partial charge is 0.412 e. The summed E-state index contributed by atoms with van der Waals surface area (Å²) in [6, 6.07) is 12.7. The van der Waals surface area contributed by atoms with Crippen molar-refractivity contribution in [2.75, 3.05) is 39.3 Å². The lowest BCUT2D eigenvalue weighted by molar-refractivity contribution is 0.0644. The van der Waals surface area contributed by atoms with Crippen molar-refractivity contribution in [2.24, 2.45) is 0 Å². The van der Waals surface area contributed by atoms with Gasteiger partial charge in [-0.15, -0.1) is 11.3 Å². The normalized spacial score (nSPS) is 15.0. The summed E-state index contributed by atoms with van der Waals surface area (Å²) in [5.74, 6) is 0.639. The number of nitrogens with one attached hydrogen (secondary N) is 1. The molecule has 0 bridgehead atoms. The van der Waals surface area contributed by atoms with Crippen molar-refractivity contribution in [2.45, 2.75) is 0 Å². The Labute approximate surface area is 151 Å². The van der Waals surface area contributed by atoms with Gasteiger partial charge < -0.3 is 15.0 Å². The summed E-state index contributed by atoms with van der Waals surface area (Å²) in [4.78, 5) is 28.9. The molecule has 0 spiro atoms. The number of carbonyl (C=O) groups is 2. The smallest absolute Gasteiger partial charge is 0.410 e. The molecule has 7 heteroatoms. The van der Waals surface area contributed by atoms with E-state index in [0.717, 1.165) is 24.5 Å². The van der Waals surface area contributed by atoms with Crippen LogP contribution >= 0.6 is 11.3 Å². The molecule has 1 N–H and O–H groups in total. The maximum atomic E-state index is 12.3. The molecule has 1 saturated heterocycles. The lowest BCUT2D eigenvalue weighted by Gasteiger charge is -2.34. The minimum absolute atomic E-state index is 0.110. The number of ether oxygens (including phenoxy) is 1. The van der Waals surface area contributed by atoms with Crippen molar-refractivity contribution in [1.29, 1.82) is 0 Å². The zero-order chi connectivity index (χ0) is 17.5. The van der Waals surface area contributed by atoms with Crippen molar-refractivity contribution in [3.63, 3.8) is 0 Å². The van der Waals surface area contributed by atoms with Gasteiger partial charge in [-0.05, 0) is 23.6 Å². The van der Waals surface area contributed by atoms with E-state index in [2.05, 4.69) is 10.2 Å². The number of piperazine rings is 1. The molecule has 1 aliphatic heterocycles. The summed E-state index contributed by atoms with van der Waals surface area (Å²) < 4.78 is 5.17. The second kappa shape index (κ2) is 8.64. The second-order valence-electron chi connectivity index (χ2n) is 5.74. The van der Waals surface area contributed by atoms with E-state index in [-0.39, 0.29) is 5.91 Å². The first-order valence-corrected chi connectivity index (χ1v) is 9.16. The molecule has 0 radical (unpaired) electrons. The number of benzene rings is 1. The maximum Gasteiger partial charge on any atom is 0.412 e. The van der Waals surface area contributed by atoms with Gasteiger partial charge in [-0.2, -0.15) is 0 Å². The average Bonchev–Trinajstić information content (AvgIpc) is 3.17. The summed E-state index contributed by atoms with van der Waals surface area (Å²) in [5.41, 5.74) is 0. The van der Waals surface area contributed by atoms with Gasteiger partial charge in [-0.25, -0.2) is 4.79 Å². The Balaban J connectivity index is 1.34. The molecular formula is C18H21N3O3S. The van der Waals surface area contributed by atoms with Crippen LogP contribution < -0.4 is 10.1 Å². The third-order valence-corrected chi connectivity index (χ3v) is 4.90.